The number of anilines is 1. The van der Waals surface area contributed by atoms with Gasteiger partial charge in [0.05, 0.1) is 6.04 Å². The highest BCUT2D eigenvalue weighted by molar-refractivity contribution is 5.99. The van der Waals surface area contributed by atoms with E-state index in [1.807, 2.05) is 37.3 Å². The molecule has 0 aliphatic carbocycles. The van der Waals surface area contributed by atoms with Crippen LogP contribution in [0.2, 0.25) is 0 Å². The number of nitrogens with two attached hydrogens (primary N) is 1. The summed E-state index contributed by atoms with van der Waals surface area (Å²) in [5.41, 5.74) is 8.46. The van der Waals surface area contributed by atoms with Crippen molar-refractivity contribution in [2.75, 3.05) is 5.73 Å². The maximum Gasteiger partial charge on any atom is 0.263 e. The van der Waals surface area contributed by atoms with Crippen molar-refractivity contribution >= 4 is 17.5 Å². The molecule has 0 saturated heterocycles. The van der Waals surface area contributed by atoms with E-state index in [-0.39, 0.29) is 11.6 Å². The van der Waals surface area contributed by atoms with E-state index >= 15 is 0 Å². The van der Waals surface area contributed by atoms with Crippen LogP contribution in [0.15, 0.2) is 60.3 Å². The number of hydrogen-bond acceptors (Lipinski definition) is 4. The van der Waals surface area contributed by atoms with Crippen LogP contribution < -0.4 is 16.4 Å². The van der Waals surface area contributed by atoms with Crippen molar-refractivity contribution in [3.05, 3.63) is 77.0 Å². The second-order valence-corrected chi connectivity index (χ2v) is 6.06. The quantitative estimate of drug-likeness (QED) is 0.417. The van der Waals surface area contributed by atoms with Crippen LogP contribution in [0.5, 0.6) is 0 Å². The molecule has 1 unspecified atom stereocenters. The summed E-state index contributed by atoms with van der Waals surface area (Å²) in [7, 11) is 0. The number of hydrogen-bond donors (Lipinski definition) is 3. The van der Waals surface area contributed by atoms with Crippen LogP contribution in [0.25, 0.3) is 0 Å². The molecule has 4 N–H and O–H groups in total. The van der Waals surface area contributed by atoms with Crippen LogP contribution in [-0.4, -0.2) is 11.8 Å². The van der Waals surface area contributed by atoms with Crippen LogP contribution >= 0.6 is 0 Å². The number of carbonyl (C=O) groups is 2. The van der Waals surface area contributed by atoms with Gasteiger partial charge < -0.3 is 16.4 Å². The molecule has 2 aromatic carbocycles. The van der Waals surface area contributed by atoms with E-state index in [0.717, 1.165) is 18.2 Å². The molecule has 0 spiro atoms. The molecule has 0 radical (unpaired) electrons. The van der Waals surface area contributed by atoms with Gasteiger partial charge in [0.25, 0.3) is 11.8 Å². The Kier molecular flexibility index (Phi) is 6.73. The Labute approximate surface area is 158 Å². The first-order valence-corrected chi connectivity index (χ1v) is 8.61. The number of rotatable bonds is 6. The van der Waals surface area contributed by atoms with E-state index in [9.17, 15) is 14.9 Å². The summed E-state index contributed by atoms with van der Waals surface area (Å²) in [5, 5.41) is 14.4. The van der Waals surface area contributed by atoms with Gasteiger partial charge in [0.15, 0.2) is 0 Å². The number of nitrogens with zero attached hydrogens (tertiary/aromatic N) is 1. The number of nitriles is 1. The van der Waals surface area contributed by atoms with Crippen LogP contribution in [-0.2, 0) is 11.2 Å². The fourth-order valence-electron chi connectivity index (χ4n) is 2.40. The van der Waals surface area contributed by atoms with Gasteiger partial charge in [0.2, 0.25) is 0 Å². The SMILES string of the molecule is CCc1ccc(C(C)NC(=O)/C(C#N)=C\NC(=O)c2ccc(N)cc2)cc1. The predicted octanol–water partition coefficient (Wildman–Crippen LogP) is 2.85. The lowest BCUT2D eigenvalue weighted by molar-refractivity contribution is -0.117. The molecule has 0 aliphatic rings. The molecule has 27 heavy (non-hydrogen) atoms. The molecule has 0 aromatic heterocycles. The number of benzene rings is 2. The maximum atomic E-state index is 12.3. The van der Waals surface area contributed by atoms with Gasteiger partial charge >= 0.3 is 0 Å². The van der Waals surface area contributed by atoms with Gasteiger partial charge in [-0.15, -0.1) is 0 Å². The number of aryl methyl sites for hydroxylation is 1. The fraction of sp³-hybridized carbons (Fsp3) is 0.190. The van der Waals surface area contributed by atoms with Crippen LogP contribution in [0.4, 0.5) is 5.69 Å². The first-order valence-electron chi connectivity index (χ1n) is 8.61. The molecule has 0 saturated carbocycles. The number of amides is 2. The zero-order chi connectivity index (χ0) is 19.8. The Morgan fingerprint density at radius 3 is 2.33 bits per heavy atom. The van der Waals surface area contributed by atoms with E-state index < -0.39 is 11.8 Å². The van der Waals surface area contributed by atoms with Crippen LogP contribution in [0.3, 0.4) is 0 Å². The first kappa shape index (κ1) is 19.7. The van der Waals surface area contributed by atoms with Crippen molar-refractivity contribution in [3.63, 3.8) is 0 Å². The average molecular weight is 362 g/mol. The summed E-state index contributed by atoms with van der Waals surface area (Å²) in [6.07, 6.45) is 2.05. The van der Waals surface area contributed by atoms with Crippen molar-refractivity contribution in [3.8, 4) is 6.07 Å². The highest BCUT2D eigenvalue weighted by atomic mass is 16.2. The molecule has 138 valence electrons. The zero-order valence-corrected chi connectivity index (χ0v) is 15.3. The highest BCUT2D eigenvalue weighted by Gasteiger charge is 2.14. The molecule has 0 bridgehead atoms. The van der Waals surface area contributed by atoms with Crippen molar-refractivity contribution < 1.29 is 9.59 Å². The summed E-state index contributed by atoms with van der Waals surface area (Å²) < 4.78 is 0. The van der Waals surface area contributed by atoms with E-state index in [1.165, 1.54) is 5.56 Å². The summed E-state index contributed by atoms with van der Waals surface area (Å²) in [5.74, 6) is -0.985. The average Bonchev–Trinajstić information content (AvgIpc) is 2.68. The Balaban J connectivity index is 2.01. The molecule has 2 rings (SSSR count). The van der Waals surface area contributed by atoms with Gasteiger partial charge in [-0.25, -0.2) is 0 Å². The molecule has 1 atom stereocenters. The third-order valence-corrected chi connectivity index (χ3v) is 4.12. The molecule has 2 aromatic rings. The van der Waals surface area contributed by atoms with Crippen LogP contribution in [0, 0.1) is 11.3 Å². The number of carbonyl (C=O) groups excluding carboxylic acids is 2. The number of nitrogen functional groups attached to an aromatic ring is 1. The van der Waals surface area contributed by atoms with E-state index in [4.69, 9.17) is 5.73 Å². The monoisotopic (exact) mass is 362 g/mol. The lowest BCUT2D eigenvalue weighted by Crippen LogP contribution is -2.29. The Bertz CT molecular complexity index is 878. The minimum Gasteiger partial charge on any atom is -0.399 e. The predicted molar refractivity (Wildman–Crippen MR) is 104 cm³/mol. The largest absolute Gasteiger partial charge is 0.399 e. The third-order valence-electron chi connectivity index (χ3n) is 4.12. The van der Waals surface area contributed by atoms with E-state index in [1.54, 1.807) is 24.3 Å². The van der Waals surface area contributed by atoms with Gasteiger partial charge in [0.1, 0.15) is 11.6 Å². The summed E-state index contributed by atoms with van der Waals surface area (Å²) >= 11 is 0. The number of nitrogens with one attached hydrogen (secondary N) is 2. The normalized spacial score (nSPS) is 12.0. The second kappa shape index (κ2) is 9.20. The van der Waals surface area contributed by atoms with Crippen molar-refractivity contribution in [1.29, 1.82) is 5.26 Å². The molecule has 6 nitrogen and oxygen atoms in total. The van der Waals surface area contributed by atoms with E-state index in [0.29, 0.717) is 11.3 Å². The van der Waals surface area contributed by atoms with Gasteiger partial charge in [-0.05, 0) is 48.7 Å². The summed E-state index contributed by atoms with van der Waals surface area (Å²) in [6, 6.07) is 15.8. The minimum atomic E-state index is -0.554. The van der Waals surface area contributed by atoms with Crippen molar-refractivity contribution in [2.45, 2.75) is 26.3 Å². The molecule has 0 aliphatic heterocycles. The molecular weight excluding hydrogens is 340 g/mol. The lowest BCUT2D eigenvalue weighted by Gasteiger charge is -2.14. The topological polar surface area (TPSA) is 108 Å². The van der Waals surface area contributed by atoms with Gasteiger partial charge in [0, 0.05) is 17.5 Å². The second-order valence-electron chi connectivity index (χ2n) is 6.06. The molecule has 0 fully saturated rings. The first-order chi connectivity index (χ1) is 12.9. The maximum absolute atomic E-state index is 12.3. The van der Waals surface area contributed by atoms with Gasteiger partial charge in [-0.3, -0.25) is 9.59 Å². The molecule has 6 heteroatoms. The van der Waals surface area contributed by atoms with E-state index in [2.05, 4.69) is 17.6 Å². The lowest BCUT2D eigenvalue weighted by atomic mass is 10.0. The Hall–Kier alpha value is -3.59. The van der Waals surface area contributed by atoms with Gasteiger partial charge in [-0.2, -0.15) is 5.26 Å². The Morgan fingerprint density at radius 2 is 1.78 bits per heavy atom. The van der Waals surface area contributed by atoms with Crippen molar-refractivity contribution in [1.82, 2.24) is 10.6 Å². The fourth-order valence-corrected chi connectivity index (χ4v) is 2.40. The molecule has 0 heterocycles. The summed E-state index contributed by atoms with van der Waals surface area (Å²) in [6.45, 7) is 3.91. The van der Waals surface area contributed by atoms with Crippen LogP contribution in [0.1, 0.15) is 41.4 Å². The van der Waals surface area contributed by atoms with Crippen molar-refractivity contribution in [2.24, 2.45) is 0 Å². The third kappa shape index (κ3) is 5.44. The highest BCUT2D eigenvalue weighted by Crippen LogP contribution is 2.14. The Morgan fingerprint density at radius 1 is 1.15 bits per heavy atom. The summed E-state index contributed by atoms with van der Waals surface area (Å²) in [4.78, 5) is 24.4. The molecular formula is C21H22N4O2. The molecule has 2 amide bonds. The smallest absolute Gasteiger partial charge is 0.263 e. The minimum absolute atomic E-state index is 0.184. The van der Waals surface area contributed by atoms with Gasteiger partial charge in [-0.1, -0.05) is 31.2 Å². The standard InChI is InChI=1S/C21H22N4O2/c1-3-15-4-6-16(7-5-15)14(2)25-21(27)18(12-22)13-24-20(26)17-8-10-19(23)11-9-17/h4-11,13-14H,3,23H2,1-2H3,(H,24,26)(H,25,27)/b18-13-. The zero-order valence-electron chi connectivity index (χ0n) is 15.3.